The van der Waals surface area contributed by atoms with E-state index in [1.54, 1.807) is 18.2 Å². The van der Waals surface area contributed by atoms with Crippen LogP contribution in [-0.2, 0) is 45.5 Å². The van der Waals surface area contributed by atoms with E-state index in [0.29, 0.717) is 36.7 Å². The minimum absolute atomic E-state index is 0.0196. The largest absolute Gasteiger partial charge is 0.472 e. The Kier molecular flexibility index (Phi) is 29.4. The first-order valence-corrected chi connectivity index (χ1v) is 23.4. The lowest BCUT2D eigenvalue weighted by atomic mass is 10.0. The van der Waals surface area contributed by atoms with Gasteiger partial charge in [0.15, 0.2) is 6.10 Å². The molecule has 0 spiro atoms. The van der Waals surface area contributed by atoms with Gasteiger partial charge in [-0.05, 0) is 69.9 Å². The normalized spacial score (nSPS) is 15.1. The molecule has 0 bridgehead atoms. The van der Waals surface area contributed by atoms with Crippen LogP contribution in [0, 0.1) is 13.8 Å². The molecule has 0 aliphatic heterocycles. The second kappa shape index (κ2) is 32.0. The van der Waals surface area contributed by atoms with E-state index < -0.39 is 44.7 Å². The third-order valence-electron chi connectivity index (χ3n) is 9.74. The standard InChI is InChI=1S/C46H78NO11P/c1-8-10-20-27-40(48)28-21-16-12-11-13-17-22-29-41(49)30-25-33-46(51)57-42(37-56-59(52,53)55-35-34-47(5,6)7)36-54-45(50)32-24-19-15-14-18-23-31-44-39(4)38(3)43(58-44)26-9-2/h12-13,16-17,21-22,28-29,40-42,48-49H,8-11,14-15,18-20,23-27,30-37H2,1-7H3/p+1/b16-12-,17-13-,28-21+,29-22+/t40-,41-,42-/m1/s1. The molecule has 12 nitrogen and oxygen atoms in total. The number of aryl methyl sites for hydroxylation is 2. The van der Waals surface area contributed by atoms with Gasteiger partial charge in [-0.2, -0.15) is 0 Å². The molecule has 59 heavy (non-hydrogen) atoms. The third-order valence-corrected chi connectivity index (χ3v) is 10.7. The van der Waals surface area contributed by atoms with Crippen LogP contribution in [0.2, 0.25) is 0 Å². The maximum absolute atomic E-state index is 12.7. The van der Waals surface area contributed by atoms with Gasteiger partial charge in [-0.3, -0.25) is 18.6 Å². The van der Waals surface area contributed by atoms with Gasteiger partial charge in [-0.25, -0.2) is 4.57 Å². The van der Waals surface area contributed by atoms with Crippen molar-refractivity contribution in [2.24, 2.45) is 0 Å². The highest BCUT2D eigenvalue weighted by atomic mass is 31.2. The van der Waals surface area contributed by atoms with Crippen LogP contribution in [-0.4, -0.2) is 97.3 Å². The maximum atomic E-state index is 12.7. The third kappa shape index (κ3) is 29.1. The number of carbonyl (C=O) groups excluding carboxylic acids is 2. The molecule has 3 N–H and O–H groups in total. The molecule has 0 saturated heterocycles. The van der Waals surface area contributed by atoms with Crippen molar-refractivity contribution in [2.45, 2.75) is 162 Å². The quantitative estimate of drug-likeness (QED) is 0.0196. The fourth-order valence-electron chi connectivity index (χ4n) is 5.98. The summed E-state index contributed by atoms with van der Waals surface area (Å²) in [6.45, 7) is 8.18. The lowest BCUT2D eigenvalue weighted by molar-refractivity contribution is -0.870. The van der Waals surface area contributed by atoms with Crippen molar-refractivity contribution in [2.75, 3.05) is 47.5 Å². The van der Waals surface area contributed by atoms with Crippen molar-refractivity contribution < 1.29 is 56.7 Å². The summed E-state index contributed by atoms with van der Waals surface area (Å²) in [5.74, 6) is 1.15. The molecule has 338 valence electrons. The Morgan fingerprint density at radius 1 is 0.712 bits per heavy atom. The minimum atomic E-state index is -4.46. The smallest absolute Gasteiger partial charge is 0.466 e. The SMILES string of the molecule is CCCCC[C@@H](O)/C=C/C=C\C/C=C\C=C\[C@@H](O)CCCC(=O)O[C@H](COC(=O)CCCCCCCCc1oc(CCC)c(C)c1C)COP(=O)(O)OCC[N+](C)(C)C. The van der Waals surface area contributed by atoms with Crippen molar-refractivity contribution in [3.63, 3.8) is 0 Å². The fourth-order valence-corrected chi connectivity index (χ4v) is 6.72. The Morgan fingerprint density at radius 3 is 1.90 bits per heavy atom. The molecule has 1 unspecified atom stereocenters. The van der Waals surface area contributed by atoms with Crippen LogP contribution >= 0.6 is 7.82 Å². The number of hydrogen-bond acceptors (Lipinski definition) is 10. The monoisotopic (exact) mass is 853 g/mol. The van der Waals surface area contributed by atoms with E-state index in [1.807, 2.05) is 51.5 Å². The Bertz CT molecular complexity index is 1460. The molecule has 1 rings (SSSR count). The molecule has 0 aromatic carbocycles. The van der Waals surface area contributed by atoms with Crippen LogP contribution in [0.25, 0.3) is 0 Å². The molecule has 1 heterocycles. The van der Waals surface area contributed by atoms with Crippen molar-refractivity contribution in [1.29, 1.82) is 0 Å². The van der Waals surface area contributed by atoms with E-state index in [-0.39, 0.29) is 26.1 Å². The zero-order valence-electron chi connectivity index (χ0n) is 37.4. The zero-order chi connectivity index (χ0) is 43.9. The van der Waals surface area contributed by atoms with Crippen molar-refractivity contribution in [3.8, 4) is 0 Å². The Balaban J connectivity index is 2.48. The van der Waals surface area contributed by atoms with Crippen LogP contribution in [0.3, 0.4) is 0 Å². The lowest BCUT2D eigenvalue weighted by Crippen LogP contribution is -2.37. The molecule has 1 aromatic rings. The topological polar surface area (TPSA) is 162 Å². The van der Waals surface area contributed by atoms with Gasteiger partial charge < -0.3 is 33.5 Å². The summed E-state index contributed by atoms with van der Waals surface area (Å²) >= 11 is 0. The van der Waals surface area contributed by atoms with Gasteiger partial charge in [-0.15, -0.1) is 0 Å². The summed E-state index contributed by atoms with van der Waals surface area (Å²) < 4.78 is 40.2. The second-order valence-electron chi connectivity index (χ2n) is 16.4. The summed E-state index contributed by atoms with van der Waals surface area (Å²) in [6, 6.07) is 0. The highest BCUT2D eigenvalue weighted by Crippen LogP contribution is 2.43. The number of esters is 2. The highest BCUT2D eigenvalue weighted by Gasteiger charge is 2.27. The van der Waals surface area contributed by atoms with Gasteiger partial charge in [0.2, 0.25) is 0 Å². The van der Waals surface area contributed by atoms with Gasteiger partial charge in [0, 0.05) is 25.7 Å². The van der Waals surface area contributed by atoms with Gasteiger partial charge in [-0.1, -0.05) is 107 Å². The summed E-state index contributed by atoms with van der Waals surface area (Å²) in [7, 11) is 1.30. The number of aliphatic hydroxyl groups is 2. The Hall–Kier alpha value is -2.83. The van der Waals surface area contributed by atoms with Crippen LogP contribution < -0.4 is 0 Å². The van der Waals surface area contributed by atoms with Gasteiger partial charge >= 0.3 is 19.8 Å². The molecule has 0 fully saturated rings. The van der Waals surface area contributed by atoms with E-state index in [9.17, 15) is 29.3 Å². The average molecular weight is 853 g/mol. The lowest BCUT2D eigenvalue weighted by Gasteiger charge is -2.24. The number of likely N-dealkylation sites (N-methyl/N-ethyl adjacent to an activating group) is 1. The maximum Gasteiger partial charge on any atom is 0.472 e. The predicted molar refractivity (Wildman–Crippen MR) is 235 cm³/mol. The van der Waals surface area contributed by atoms with Gasteiger partial charge in [0.1, 0.15) is 31.3 Å². The van der Waals surface area contributed by atoms with Crippen LogP contribution in [0.1, 0.15) is 139 Å². The molecule has 0 aliphatic rings. The number of phosphoric ester groups is 1. The fraction of sp³-hybridized carbons (Fsp3) is 0.696. The number of allylic oxidation sites excluding steroid dienone is 6. The van der Waals surface area contributed by atoms with Gasteiger partial charge in [0.05, 0.1) is 40.0 Å². The molecule has 1 aromatic heterocycles. The van der Waals surface area contributed by atoms with Crippen LogP contribution in [0.5, 0.6) is 0 Å². The Labute approximate surface area is 355 Å². The minimum Gasteiger partial charge on any atom is -0.466 e. The summed E-state index contributed by atoms with van der Waals surface area (Å²) in [5.41, 5.74) is 2.55. The van der Waals surface area contributed by atoms with E-state index in [4.69, 9.17) is 22.9 Å². The Morgan fingerprint density at radius 2 is 1.29 bits per heavy atom. The number of rotatable bonds is 35. The molecular weight excluding hydrogens is 773 g/mol. The summed E-state index contributed by atoms with van der Waals surface area (Å²) in [5, 5.41) is 20.2. The predicted octanol–water partition coefficient (Wildman–Crippen LogP) is 9.50. The van der Waals surface area contributed by atoms with Crippen molar-refractivity contribution in [1.82, 2.24) is 0 Å². The van der Waals surface area contributed by atoms with E-state index >= 15 is 0 Å². The number of nitrogens with zero attached hydrogens (tertiary/aromatic N) is 1. The number of phosphoric acid groups is 1. The molecule has 4 atom stereocenters. The van der Waals surface area contributed by atoms with Crippen LogP contribution in [0.15, 0.2) is 53.0 Å². The number of furan rings is 1. The second-order valence-corrected chi connectivity index (χ2v) is 17.8. The van der Waals surface area contributed by atoms with E-state index in [0.717, 1.165) is 88.6 Å². The summed E-state index contributed by atoms with van der Waals surface area (Å²) in [6.07, 6.45) is 26.7. The first kappa shape index (κ1) is 54.2. The number of ether oxygens (including phenoxy) is 2. The van der Waals surface area contributed by atoms with Crippen molar-refractivity contribution >= 4 is 19.8 Å². The molecule has 13 heteroatoms. The molecule has 0 amide bonds. The first-order valence-electron chi connectivity index (χ1n) is 21.9. The number of quaternary nitrogens is 1. The van der Waals surface area contributed by atoms with Crippen molar-refractivity contribution in [3.05, 3.63) is 71.3 Å². The average Bonchev–Trinajstić information content (AvgIpc) is 3.43. The van der Waals surface area contributed by atoms with Crippen LogP contribution in [0.4, 0.5) is 0 Å². The van der Waals surface area contributed by atoms with E-state index in [1.165, 1.54) is 11.1 Å². The molecule has 0 radical (unpaired) electrons. The van der Waals surface area contributed by atoms with Gasteiger partial charge in [0.25, 0.3) is 0 Å². The summed E-state index contributed by atoms with van der Waals surface area (Å²) in [4.78, 5) is 35.5. The molecule has 0 aliphatic carbocycles. The molecule has 0 saturated carbocycles. The highest BCUT2D eigenvalue weighted by molar-refractivity contribution is 7.47. The number of carbonyl (C=O) groups is 2. The number of aliphatic hydroxyl groups excluding tert-OH is 2. The zero-order valence-corrected chi connectivity index (χ0v) is 38.3. The van der Waals surface area contributed by atoms with E-state index in [2.05, 4.69) is 27.7 Å². The number of unbranched alkanes of at least 4 members (excludes halogenated alkanes) is 7. The first-order chi connectivity index (χ1) is 28.1. The number of hydrogen-bond donors (Lipinski definition) is 3. The molecular formula is C46H79NO11P+.